The molecule has 0 fully saturated rings. The highest BCUT2D eigenvalue weighted by Gasteiger charge is 2.16. The number of nitrogens with zero attached hydrogens (tertiary/aromatic N) is 4. The van der Waals surface area contributed by atoms with Crippen molar-refractivity contribution in [2.75, 3.05) is 11.9 Å². The number of imidazole rings is 1. The molecule has 21 heavy (non-hydrogen) atoms. The lowest BCUT2D eigenvalue weighted by Gasteiger charge is -2.14. The van der Waals surface area contributed by atoms with Crippen LogP contribution in [0.4, 0.5) is 5.82 Å². The van der Waals surface area contributed by atoms with Gasteiger partial charge in [-0.3, -0.25) is 0 Å². The van der Waals surface area contributed by atoms with Crippen LogP contribution in [0.25, 0.3) is 11.5 Å². The van der Waals surface area contributed by atoms with Crippen molar-refractivity contribution in [1.29, 1.82) is 0 Å². The molecule has 1 N–H and O–H groups in total. The fraction of sp³-hybridized carbons (Fsp3) is 0.533. The van der Waals surface area contributed by atoms with Crippen molar-refractivity contribution >= 4 is 28.4 Å². The SMILES string of the molecule is CCNc1nc(-c2cncn2CC)nc(CC(C)C)c1I. The molecule has 2 heterocycles. The Morgan fingerprint density at radius 3 is 2.67 bits per heavy atom. The number of hydrogen-bond acceptors (Lipinski definition) is 4. The molecule has 0 unspecified atom stereocenters. The highest BCUT2D eigenvalue weighted by molar-refractivity contribution is 14.1. The maximum absolute atomic E-state index is 4.79. The molecule has 0 aromatic carbocycles. The number of anilines is 1. The van der Waals surface area contributed by atoms with Gasteiger partial charge in [-0.15, -0.1) is 0 Å². The van der Waals surface area contributed by atoms with E-state index in [1.54, 1.807) is 0 Å². The summed E-state index contributed by atoms with van der Waals surface area (Å²) in [5.74, 6) is 2.23. The fourth-order valence-corrected chi connectivity index (χ4v) is 2.83. The van der Waals surface area contributed by atoms with Crippen LogP contribution in [0, 0.1) is 9.49 Å². The first kappa shape index (κ1) is 16.2. The minimum Gasteiger partial charge on any atom is -0.369 e. The van der Waals surface area contributed by atoms with E-state index >= 15 is 0 Å². The Morgan fingerprint density at radius 1 is 1.29 bits per heavy atom. The van der Waals surface area contributed by atoms with Crippen LogP contribution in [0.2, 0.25) is 0 Å². The average molecular weight is 399 g/mol. The summed E-state index contributed by atoms with van der Waals surface area (Å²) < 4.78 is 3.19. The molecule has 0 spiro atoms. The highest BCUT2D eigenvalue weighted by Crippen LogP contribution is 2.25. The van der Waals surface area contributed by atoms with Crippen molar-refractivity contribution in [3.8, 4) is 11.5 Å². The van der Waals surface area contributed by atoms with Crippen LogP contribution in [0.3, 0.4) is 0 Å². The minimum atomic E-state index is 0.562. The molecule has 5 nitrogen and oxygen atoms in total. The topological polar surface area (TPSA) is 55.6 Å². The highest BCUT2D eigenvalue weighted by atomic mass is 127. The summed E-state index contributed by atoms with van der Waals surface area (Å²) in [6, 6.07) is 0. The lowest BCUT2D eigenvalue weighted by molar-refractivity contribution is 0.631. The number of nitrogens with one attached hydrogen (secondary N) is 1. The molecule has 0 aliphatic carbocycles. The largest absolute Gasteiger partial charge is 0.369 e. The first-order chi connectivity index (χ1) is 10.1. The summed E-state index contributed by atoms with van der Waals surface area (Å²) in [5, 5.41) is 3.34. The summed E-state index contributed by atoms with van der Waals surface area (Å²) >= 11 is 2.34. The van der Waals surface area contributed by atoms with Gasteiger partial charge in [0.2, 0.25) is 0 Å². The lowest BCUT2D eigenvalue weighted by atomic mass is 10.1. The van der Waals surface area contributed by atoms with Crippen LogP contribution in [0.5, 0.6) is 0 Å². The van der Waals surface area contributed by atoms with Crippen molar-refractivity contribution in [2.24, 2.45) is 5.92 Å². The zero-order chi connectivity index (χ0) is 15.4. The van der Waals surface area contributed by atoms with Crippen molar-refractivity contribution in [3.63, 3.8) is 0 Å². The molecule has 0 saturated carbocycles. The maximum atomic E-state index is 4.79. The first-order valence-electron chi connectivity index (χ1n) is 7.37. The van der Waals surface area contributed by atoms with E-state index in [4.69, 9.17) is 9.97 Å². The molecule has 0 bridgehead atoms. The number of aryl methyl sites for hydroxylation is 1. The summed E-state index contributed by atoms with van der Waals surface area (Å²) in [6.07, 6.45) is 4.61. The van der Waals surface area contributed by atoms with Crippen LogP contribution in [-0.2, 0) is 13.0 Å². The van der Waals surface area contributed by atoms with E-state index in [0.29, 0.717) is 5.92 Å². The van der Waals surface area contributed by atoms with Gasteiger partial charge >= 0.3 is 0 Å². The van der Waals surface area contributed by atoms with Crippen molar-refractivity contribution in [3.05, 3.63) is 21.8 Å². The fourth-order valence-electron chi connectivity index (χ4n) is 2.17. The maximum Gasteiger partial charge on any atom is 0.180 e. The second-order valence-electron chi connectivity index (χ2n) is 5.35. The van der Waals surface area contributed by atoms with Gasteiger partial charge in [0, 0.05) is 13.1 Å². The van der Waals surface area contributed by atoms with Crippen LogP contribution >= 0.6 is 22.6 Å². The number of hydrogen-bond donors (Lipinski definition) is 1. The molecule has 2 aromatic heterocycles. The molecular weight excluding hydrogens is 377 g/mol. The van der Waals surface area contributed by atoms with E-state index in [1.807, 2.05) is 12.5 Å². The molecule has 114 valence electrons. The number of aromatic nitrogens is 4. The molecule has 0 amide bonds. The van der Waals surface area contributed by atoms with Crippen molar-refractivity contribution in [1.82, 2.24) is 19.5 Å². The van der Waals surface area contributed by atoms with Crippen LogP contribution in [0.15, 0.2) is 12.5 Å². The smallest absolute Gasteiger partial charge is 0.180 e. The Labute approximate surface area is 139 Å². The first-order valence-corrected chi connectivity index (χ1v) is 8.45. The van der Waals surface area contributed by atoms with E-state index in [-0.39, 0.29) is 0 Å². The Morgan fingerprint density at radius 2 is 2.05 bits per heavy atom. The molecule has 0 atom stereocenters. The summed E-state index contributed by atoms with van der Waals surface area (Å²) in [4.78, 5) is 13.7. The predicted octanol–water partition coefficient (Wildman–Crippen LogP) is 3.59. The Hall–Kier alpha value is -1.18. The van der Waals surface area contributed by atoms with E-state index in [1.165, 1.54) is 0 Å². The van der Waals surface area contributed by atoms with Gasteiger partial charge in [-0.1, -0.05) is 13.8 Å². The third-order valence-electron chi connectivity index (χ3n) is 3.15. The zero-order valence-electron chi connectivity index (χ0n) is 13.0. The second-order valence-corrected chi connectivity index (χ2v) is 6.43. The van der Waals surface area contributed by atoms with Gasteiger partial charge in [0.1, 0.15) is 11.5 Å². The summed E-state index contributed by atoms with van der Waals surface area (Å²) in [7, 11) is 0. The van der Waals surface area contributed by atoms with Crippen molar-refractivity contribution in [2.45, 2.75) is 40.7 Å². The molecule has 0 aliphatic heterocycles. The Kier molecular flexibility index (Phi) is 5.55. The van der Waals surface area contributed by atoms with Gasteiger partial charge in [-0.05, 0) is 48.8 Å². The van der Waals surface area contributed by atoms with Crippen LogP contribution < -0.4 is 5.32 Å². The lowest BCUT2D eigenvalue weighted by Crippen LogP contribution is -2.11. The standard InChI is InChI=1S/C15H22IN5/c1-5-18-15-13(16)11(7-10(3)4)19-14(20-15)12-8-17-9-21(12)6-2/h8-10H,5-7H2,1-4H3,(H,18,19,20). The van der Waals surface area contributed by atoms with Gasteiger partial charge < -0.3 is 9.88 Å². The molecular formula is C15H22IN5. The van der Waals surface area contributed by atoms with Gasteiger partial charge in [0.05, 0.1) is 21.8 Å². The van der Waals surface area contributed by atoms with E-state index < -0.39 is 0 Å². The summed E-state index contributed by atoms with van der Waals surface area (Å²) in [5.41, 5.74) is 2.08. The van der Waals surface area contributed by atoms with E-state index in [2.05, 4.69) is 65.2 Å². The minimum absolute atomic E-state index is 0.562. The molecule has 2 aromatic rings. The quantitative estimate of drug-likeness (QED) is 0.755. The average Bonchev–Trinajstić information content (AvgIpc) is 2.91. The number of halogens is 1. The predicted molar refractivity (Wildman–Crippen MR) is 94.3 cm³/mol. The van der Waals surface area contributed by atoms with E-state index in [0.717, 1.165) is 46.1 Å². The second kappa shape index (κ2) is 7.20. The Bertz CT molecular complexity index is 606. The third-order valence-corrected chi connectivity index (χ3v) is 4.28. The van der Waals surface area contributed by atoms with E-state index in [9.17, 15) is 0 Å². The Balaban J connectivity index is 2.53. The third kappa shape index (κ3) is 3.72. The van der Waals surface area contributed by atoms with Gasteiger partial charge in [-0.25, -0.2) is 15.0 Å². The summed E-state index contributed by atoms with van der Waals surface area (Å²) in [6.45, 7) is 10.3. The molecule has 0 saturated heterocycles. The van der Waals surface area contributed by atoms with Gasteiger partial charge in [0.25, 0.3) is 0 Å². The normalized spacial score (nSPS) is 11.1. The van der Waals surface area contributed by atoms with Crippen LogP contribution in [0.1, 0.15) is 33.4 Å². The van der Waals surface area contributed by atoms with Gasteiger partial charge in [0.15, 0.2) is 5.82 Å². The zero-order valence-corrected chi connectivity index (χ0v) is 15.2. The monoisotopic (exact) mass is 399 g/mol. The molecule has 0 aliphatic rings. The van der Waals surface area contributed by atoms with Gasteiger partial charge in [-0.2, -0.15) is 0 Å². The molecule has 0 radical (unpaired) electrons. The molecule has 2 rings (SSSR count). The number of rotatable bonds is 6. The van der Waals surface area contributed by atoms with Crippen LogP contribution in [-0.4, -0.2) is 26.1 Å². The molecule has 6 heteroatoms. The van der Waals surface area contributed by atoms with Crippen molar-refractivity contribution < 1.29 is 0 Å².